The van der Waals surface area contributed by atoms with Crippen molar-refractivity contribution >= 4 is 16.1 Å². The maximum Gasteiger partial charge on any atom is 0.430 e. The van der Waals surface area contributed by atoms with Gasteiger partial charge in [0.05, 0.1) is 23.9 Å². The van der Waals surface area contributed by atoms with Gasteiger partial charge in [0.25, 0.3) is 6.29 Å². The van der Waals surface area contributed by atoms with E-state index in [0.717, 1.165) is 6.42 Å². The molecule has 0 radical (unpaired) electrons. The first-order valence-electron chi connectivity index (χ1n) is 9.04. The van der Waals surface area contributed by atoms with Crippen molar-refractivity contribution in [1.29, 1.82) is 0 Å². The number of rotatable bonds is 10. The van der Waals surface area contributed by atoms with E-state index in [2.05, 4.69) is 4.74 Å². The molecule has 0 spiro atoms. The van der Waals surface area contributed by atoms with E-state index in [-0.39, 0.29) is 18.1 Å². The van der Waals surface area contributed by atoms with Crippen molar-refractivity contribution in [2.45, 2.75) is 81.4 Å². The molecule has 2 aliphatic heterocycles. The molecule has 2 aliphatic rings. The predicted octanol–water partition coefficient (Wildman–Crippen LogP) is 0.832. The highest BCUT2D eigenvalue weighted by atomic mass is 32.2. The number of aliphatic hydroxyl groups excluding tert-OH is 1. The predicted molar refractivity (Wildman–Crippen MR) is 89.9 cm³/mol. The monoisotopic (exact) mass is 432 g/mol. The van der Waals surface area contributed by atoms with Crippen LogP contribution in [-0.4, -0.2) is 71.2 Å². The molecular formula is C16H26F2O9S. The summed E-state index contributed by atoms with van der Waals surface area (Å²) < 4.78 is 70.8. The van der Waals surface area contributed by atoms with E-state index in [4.69, 9.17) is 19.1 Å². The highest BCUT2D eigenvalue weighted by Gasteiger charge is 2.54. The van der Waals surface area contributed by atoms with Crippen molar-refractivity contribution in [3.8, 4) is 0 Å². The number of carbonyl (C=O) groups excluding carboxylic acids is 1. The molecule has 0 aliphatic carbocycles. The largest absolute Gasteiger partial charge is 0.430 e. The highest BCUT2D eigenvalue weighted by molar-refractivity contribution is 7.86. The molecule has 0 aromatic heterocycles. The summed E-state index contributed by atoms with van der Waals surface area (Å²) >= 11 is 0. The molecule has 5 unspecified atom stereocenters. The van der Waals surface area contributed by atoms with Crippen molar-refractivity contribution in [2.75, 3.05) is 6.61 Å². The van der Waals surface area contributed by atoms with Gasteiger partial charge >= 0.3 is 21.3 Å². The molecule has 28 heavy (non-hydrogen) atoms. The second-order valence-corrected chi connectivity index (χ2v) is 8.81. The van der Waals surface area contributed by atoms with Crippen LogP contribution in [0.3, 0.4) is 0 Å². The van der Waals surface area contributed by atoms with Gasteiger partial charge in [-0.25, -0.2) is 4.79 Å². The Kier molecular flexibility index (Phi) is 7.04. The molecule has 0 aromatic rings. The molecule has 0 saturated carbocycles. The van der Waals surface area contributed by atoms with E-state index in [9.17, 15) is 27.1 Å². The summed E-state index contributed by atoms with van der Waals surface area (Å²) in [5.74, 6) is -1.41. The molecule has 0 amide bonds. The molecule has 12 heteroatoms. The van der Waals surface area contributed by atoms with E-state index in [1.54, 1.807) is 0 Å². The van der Waals surface area contributed by atoms with Gasteiger partial charge in [-0.3, -0.25) is 4.55 Å². The smallest absolute Gasteiger partial charge is 0.426 e. The van der Waals surface area contributed by atoms with E-state index >= 15 is 0 Å². The molecular weight excluding hydrogens is 406 g/mol. The van der Waals surface area contributed by atoms with Gasteiger partial charge in [0.1, 0.15) is 6.61 Å². The number of halogens is 2. The fraction of sp³-hybridized carbons (Fsp3) is 0.938. The van der Waals surface area contributed by atoms with Gasteiger partial charge in [-0.05, 0) is 31.6 Å². The summed E-state index contributed by atoms with van der Waals surface area (Å²) in [5, 5.41) is 14.5. The molecule has 2 fully saturated rings. The molecule has 2 bridgehead atoms. The van der Waals surface area contributed by atoms with E-state index < -0.39 is 45.9 Å². The minimum Gasteiger partial charge on any atom is -0.426 e. The number of hydrogen-bond donors (Lipinski definition) is 3. The van der Waals surface area contributed by atoms with Gasteiger partial charge in [-0.1, -0.05) is 13.8 Å². The molecule has 5 atom stereocenters. The first kappa shape index (κ1) is 23.4. The Morgan fingerprint density at radius 1 is 1.29 bits per heavy atom. The molecule has 3 N–H and O–H groups in total. The third kappa shape index (κ3) is 4.97. The van der Waals surface area contributed by atoms with Crippen LogP contribution in [0.5, 0.6) is 0 Å². The van der Waals surface area contributed by atoms with E-state index in [0.29, 0.717) is 25.7 Å². The number of hydrogen-bond acceptors (Lipinski definition) is 8. The molecule has 0 aromatic carbocycles. The standard InChI is InChI=1S/C16H26F2O9S/c1-3-15(21,4-2)7-9-5-10-6-11(13(9)26-10)25-8-12(19)27-14(20)16(17,18)28(22,23)24/h9-11,13-14,20-21H,3-8H2,1-2H3,(H,22,23,24). The Morgan fingerprint density at radius 2 is 1.89 bits per heavy atom. The zero-order valence-electron chi connectivity index (χ0n) is 15.6. The van der Waals surface area contributed by atoms with Crippen molar-refractivity contribution in [3.05, 3.63) is 0 Å². The summed E-state index contributed by atoms with van der Waals surface area (Å²) in [5.41, 5.74) is -0.826. The molecule has 2 heterocycles. The van der Waals surface area contributed by atoms with Gasteiger partial charge in [0.2, 0.25) is 0 Å². The fourth-order valence-corrected chi connectivity index (χ4v) is 4.02. The Morgan fingerprint density at radius 3 is 2.39 bits per heavy atom. The summed E-state index contributed by atoms with van der Waals surface area (Å²) in [7, 11) is -5.96. The minimum absolute atomic E-state index is 0.0131. The molecule has 9 nitrogen and oxygen atoms in total. The van der Waals surface area contributed by atoms with Crippen LogP contribution >= 0.6 is 0 Å². The van der Waals surface area contributed by atoms with Crippen LogP contribution in [0.4, 0.5) is 8.78 Å². The van der Waals surface area contributed by atoms with Gasteiger partial charge in [-0.2, -0.15) is 17.2 Å². The topological polar surface area (TPSA) is 140 Å². The minimum atomic E-state index is -5.96. The lowest BCUT2D eigenvalue weighted by atomic mass is 9.78. The van der Waals surface area contributed by atoms with Crippen LogP contribution in [0.2, 0.25) is 0 Å². The normalized spacial score (nSPS) is 29.1. The van der Waals surface area contributed by atoms with Crippen LogP contribution in [0.15, 0.2) is 0 Å². The average molecular weight is 432 g/mol. The van der Waals surface area contributed by atoms with Crippen LogP contribution in [0.1, 0.15) is 46.0 Å². The number of esters is 1. The maximum atomic E-state index is 13.2. The number of alkyl halides is 2. The lowest BCUT2D eigenvalue weighted by Gasteiger charge is -2.33. The zero-order valence-corrected chi connectivity index (χ0v) is 16.4. The van der Waals surface area contributed by atoms with Crippen LogP contribution in [0, 0.1) is 5.92 Å². The summed E-state index contributed by atoms with van der Waals surface area (Å²) in [6, 6.07) is 0. The Bertz CT molecular complexity index is 665. The number of ether oxygens (including phenoxy) is 3. The third-order valence-corrected chi connectivity index (χ3v) is 6.38. The molecule has 164 valence electrons. The van der Waals surface area contributed by atoms with Crippen molar-refractivity contribution in [3.63, 3.8) is 0 Å². The van der Waals surface area contributed by atoms with Gasteiger partial charge in [-0.15, -0.1) is 0 Å². The maximum absolute atomic E-state index is 13.2. The molecule has 2 rings (SSSR count). The second-order valence-electron chi connectivity index (χ2n) is 7.32. The lowest BCUT2D eigenvalue weighted by molar-refractivity contribution is -0.210. The van der Waals surface area contributed by atoms with Gasteiger partial charge in [0, 0.05) is 6.42 Å². The SMILES string of the molecule is CCC(O)(CC)CC1CC2CC(OCC(=O)OC(O)C(F)(F)S(=O)(=O)O)C1O2. The van der Waals surface area contributed by atoms with Crippen molar-refractivity contribution in [2.24, 2.45) is 5.92 Å². The van der Waals surface area contributed by atoms with Crippen LogP contribution in [0.25, 0.3) is 0 Å². The summed E-state index contributed by atoms with van der Waals surface area (Å²) in [6.45, 7) is 2.96. The van der Waals surface area contributed by atoms with Gasteiger partial charge < -0.3 is 24.4 Å². The Balaban J connectivity index is 1.87. The first-order chi connectivity index (χ1) is 12.8. The Hall–Kier alpha value is -0.920. The summed E-state index contributed by atoms with van der Waals surface area (Å²) in [6.07, 6.45) is -1.46. The summed E-state index contributed by atoms with van der Waals surface area (Å²) in [4.78, 5) is 11.6. The van der Waals surface area contributed by atoms with E-state index in [1.165, 1.54) is 0 Å². The number of fused-ring (bicyclic) bond motifs is 2. The molecule has 2 saturated heterocycles. The second kappa shape index (κ2) is 8.44. The zero-order chi connectivity index (χ0) is 21.3. The quantitative estimate of drug-likeness (QED) is 0.260. The Labute approximate surface area is 161 Å². The number of aliphatic hydroxyl groups is 2. The van der Waals surface area contributed by atoms with Crippen LogP contribution < -0.4 is 0 Å². The third-order valence-electron chi connectivity index (χ3n) is 5.49. The number of carbonyl (C=O) groups is 1. The van der Waals surface area contributed by atoms with E-state index in [1.807, 2.05) is 13.8 Å². The first-order valence-corrected chi connectivity index (χ1v) is 10.5. The highest BCUT2D eigenvalue weighted by Crippen LogP contribution is 2.44. The van der Waals surface area contributed by atoms with Crippen molar-refractivity contribution < 1.29 is 51.0 Å². The van der Waals surface area contributed by atoms with Crippen molar-refractivity contribution in [1.82, 2.24) is 0 Å². The average Bonchev–Trinajstić information content (AvgIpc) is 3.18. The lowest BCUT2D eigenvalue weighted by Crippen LogP contribution is -2.44. The van der Waals surface area contributed by atoms with Crippen LogP contribution in [-0.2, 0) is 29.1 Å². The fourth-order valence-electron chi connectivity index (χ4n) is 3.72. The van der Waals surface area contributed by atoms with Gasteiger partial charge in [0.15, 0.2) is 0 Å².